The minimum absolute atomic E-state index is 0.129. The van der Waals surface area contributed by atoms with Crippen LogP contribution in [0.15, 0.2) is 21.1 Å². The fraction of sp³-hybridized carbons (Fsp3) is 0.300. The fourth-order valence-electron chi connectivity index (χ4n) is 1.84. The van der Waals surface area contributed by atoms with Crippen molar-refractivity contribution in [2.45, 2.75) is 11.8 Å². The molecule has 1 unspecified atom stereocenters. The molecule has 1 aliphatic rings. The minimum Gasteiger partial charge on any atom is -0.304 e. The lowest BCUT2D eigenvalue weighted by atomic mass is 10.2. The number of nitro benzene ring substituents is 1. The van der Waals surface area contributed by atoms with Gasteiger partial charge in [0.1, 0.15) is 5.69 Å². The number of nitrogens with zero attached hydrogens (tertiary/aromatic N) is 2. The van der Waals surface area contributed by atoms with Crippen molar-refractivity contribution in [1.82, 2.24) is 0 Å². The molecule has 0 bridgehead atoms. The second-order valence-electron chi connectivity index (χ2n) is 3.82. The molecule has 1 aromatic carbocycles. The summed E-state index contributed by atoms with van der Waals surface area (Å²) in [4.78, 5) is 23.7. The Kier molecular flexibility index (Phi) is 3.93. The van der Waals surface area contributed by atoms with Crippen LogP contribution in [0.3, 0.4) is 0 Å². The number of hydrogen-bond acceptors (Lipinski definition) is 3. The van der Waals surface area contributed by atoms with E-state index in [1.54, 1.807) is 6.07 Å². The number of anilines is 1. The van der Waals surface area contributed by atoms with Crippen LogP contribution in [0.5, 0.6) is 0 Å². The van der Waals surface area contributed by atoms with E-state index in [1.165, 1.54) is 11.0 Å². The van der Waals surface area contributed by atoms with Crippen LogP contribution in [-0.4, -0.2) is 22.8 Å². The number of halogens is 3. The van der Waals surface area contributed by atoms with Gasteiger partial charge in [-0.1, -0.05) is 15.9 Å². The van der Waals surface area contributed by atoms with Crippen LogP contribution < -0.4 is 4.90 Å². The first-order valence-electron chi connectivity index (χ1n) is 4.98. The maximum Gasteiger partial charge on any atom is 0.295 e. The number of rotatable bonds is 2. The molecule has 2 rings (SSSR count). The van der Waals surface area contributed by atoms with Gasteiger partial charge in [0.2, 0.25) is 5.91 Å². The Morgan fingerprint density at radius 1 is 1.44 bits per heavy atom. The SMILES string of the molecule is O=C1CC(Cl)CN1c1c(Br)cc(Br)cc1[N+](=O)[O-]. The monoisotopic (exact) mass is 396 g/mol. The molecule has 0 radical (unpaired) electrons. The third-order valence-electron chi connectivity index (χ3n) is 2.55. The highest BCUT2D eigenvalue weighted by Gasteiger charge is 2.34. The van der Waals surface area contributed by atoms with Gasteiger partial charge < -0.3 is 4.90 Å². The first kappa shape index (κ1) is 13.8. The lowest BCUT2D eigenvalue weighted by Gasteiger charge is -2.17. The van der Waals surface area contributed by atoms with E-state index in [9.17, 15) is 14.9 Å². The molecule has 5 nitrogen and oxygen atoms in total. The molecule has 0 aliphatic carbocycles. The summed E-state index contributed by atoms with van der Waals surface area (Å²) in [5.74, 6) is -0.207. The molecule has 1 atom stereocenters. The lowest BCUT2D eigenvalue weighted by molar-refractivity contribution is -0.384. The van der Waals surface area contributed by atoms with E-state index in [1.807, 2.05) is 0 Å². The van der Waals surface area contributed by atoms with Crippen LogP contribution in [0.2, 0.25) is 0 Å². The number of alkyl halides is 1. The number of nitro groups is 1. The van der Waals surface area contributed by atoms with Gasteiger partial charge >= 0.3 is 0 Å². The van der Waals surface area contributed by atoms with E-state index in [-0.39, 0.29) is 35.6 Å². The van der Waals surface area contributed by atoms with E-state index in [2.05, 4.69) is 31.9 Å². The average molecular weight is 398 g/mol. The second-order valence-corrected chi connectivity index (χ2v) is 6.21. The van der Waals surface area contributed by atoms with Crippen molar-refractivity contribution in [3.63, 3.8) is 0 Å². The maximum absolute atomic E-state index is 11.8. The van der Waals surface area contributed by atoms with E-state index in [4.69, 9.17) is 11.6 Å². The Hall–Kier alpha value is -0.660. The minimum atomic E-state index is -0.514. The summed E-state index contributed by atoms with van der Waals surface area (Å²) in [6, 6.07) is 3.03. The van der Waals surface area contributed by atoms with Gasteiger partial charge in [-0.3, -0.25) is 14.9 Å². The third-order valence-corrected chi connectivity index (χ3v) is 3.91. The number of carbonyl (C=O) groups excluding carboxylic acids is 1. The van der Waals surface area contributed by atoms with Crippen molar-refractivity contribution in [2.75, 3.05) is 11.4 Å². The molecule has 0 saturated carbocycles. The maximum atomic E-state index is 11.8. The highest BCUT2D eigenvalue weighted by molar-refractivity contribution is 9.11. The number of amides is 1. The van der Waals surface area contributed by atoms with Crippen LogP contribution in [0.1, 0.15) is 6.42 Å². The second kappa shape index (κ2) is 5.14. The number of benzene rings is 1. The summed E-state index contributed by atoms with van der Waals surface area (Å²) in [6.07, 6.45) is 0.196. The third kappa shape index (κ3) is 2.53. The molecule has 0 N–H and O–H groups in total. The Morgan fingerprint density at radius 3 is 2.61 bits per heavy atom. The van der Waals surface area contributed by atoms with E-state index < -0.39 is 4.92 Å². The van der Waals surface area contributed by atoms with Crippen LogP contribution in [0, 0.1) is 10.1 Å². The van der Waals surface area contributed by atoms with Crippen molar-refractivity contribution in [1.29, 1.82) is 0 Å². The largest absolute Gasteiger partial charge is 0.304 e. The number of hydrogen-bond donors (Lipinski definition) is 0. The molecule has 1 heterocycles. The quantitative estimate of drug-likeness (QED) is 0.435. The Morgan fingerprint density at radius 2 is 2.11 bits per heavy atom. The molecular formula is C10H7Br2ClN2O3. The predicted molar refractivity (Wildman–Crippen MR) is 75.1 cm³/mol. The summed E-state index contributed by atoms with van der Waals surface area (Å²) in [5, 5.41) is 10.8. The lowest BCUT2D eigenvalue weighted by Crippen LogP contribution is -2.25. The van der Waals surface area contributed by atoms with Crippen molar-refractivity contribution in [3.8, 4) is 0 Å². The van der Waals surface area contributed by atoms with Crippen molar-refractivity contribution in [2.24, 2.45) is 0 Å². The average Bonchev–Trinajstić information content (AvgIpc) is 2.56. The summed E-state index contributed by atoms with van der Waals surface area (Å²) in [6.45, 7) is 0.279. The zero-order chi connectivity index (χ0) is 13.4. The highest BCUT2D eigenvalue weighted by Crippen LogP contribution is 2.40. The van der Waals surface area contributed by atoms with Gasteiger partial charge in [0.15, 0.2) is 0 Å². The Balaban J connectivity index is 2.56. The molecule has 8 heteroatoms. The zero-order valence-corrected chi connectivity index (χ0v) is 12.8. The molecule has 1 saturated heterocycles. The summed E-state index contributed by atoms with van der Waals surface area (Å²) >= 11 is 12.3. The molecule has 18 heavy (non-hydrogen) atoms. The van der Waals surface area contributed by atoms with Crippen LogP contribution in [0.4, 0.5) is 11.4 Å². The van der Waals surface area contributed by atoms with Gasteiger partial charge in [0.05, 0.1) is 10.3 Å². The smallest absolute Gasteiger partial charge is 0.295 e. The highest BCUT2D eigenvalue weighted by atomic mass is 79.9. The van der Waals surface area contributed by atoms with Gasteiger partial charge in [-0.2, -0.15) is 0 Å². The standard InChI is InChI=1S/C10H7Br2ClN2O3/c11-5-1-7(12)10(8(2-5)15(17)18)14-4-6(13)3-9(14)16/h1-2,6H,3-4H2. The molecule has 1 aliphatic heterocycles. The van der Waals surface area contributed by atoms with Gasteiger partial charge in [0.25, 0.3) is 5.69 Å². The van der Waals surface area contributed by atoms with Gasteiger partial charge in [0, 0.05) is 28.0 Å². The normalized spacial score (nSPS) is 19.4. The first-order valence-corrected chi connectivity index (χ1v) is 7.00. The fourth-order valence-corrected chi connectivity index (χ4v) is 3.53. The zero-order valence-electron chi connectivity index (χ0n) is 8.90. The van der Waals surface area contributed by atoms with E-state index in [0.29, 0.717) is 8.95 Å². The molecule has 1 amide bonds. The summed E-state index contributed by atoms with van der Waals surface area (Å²) in [7, 11) is 0. The number of carbonyl (C=O) groups is 1. The van der Waals surface area contributed by atoms with Gasteiger partial charge in [-0.15, -0.1) is 11.6 Å². The summed E-state index contributed by atoms with van der Waals surface area (Å²) in [5.41, 5.74) is 0.131. The molecule has 0 aromatic heterocycles. The van der Waals surface area contributed by atoms with Crippen molar-refractivity contribution < 1.29 is 9.72 Å². The Bertz CT molecular complexity index is 538. The van der Waals surface area contributed by atoms with Crippen LogP contribution in [-0.2, 0) is 4.79 Å². The molecule has 1 aromatic rings. The van der Waals surface area contributed by atoms with Gasteiger partial charge in [-0.05, 0) is 22.0 Å². The van der Waals surface area contributed by atoms with Crippen LogP contribution in [0.25, 0.3) is 0 Å². The Labute approximate surface area is 124 Å². The van der Waals surface area contributed by atoms with Crippen LogP contribution >= 0.6 is 43.5 Å². The van der Waals surface area contributed by atoms with Gasteiger partial charge in [-0.25, -0.2) is 0 Å². The topological polar surface area (TPSA) is 63.5 Å². The van der Waals surface area contributed by atoms with E-state index >= 15 is 0 Å². The van der Waals surface area contributed by atoms with E-state index in [0.717, 1.165) is 0 Å². The molecule has 0 spiro atoms. The molecule has 96 valence electrons. The van der Waals surface area contributed by atoms with Crippen molar-refractivity contribution >= 4 is 60.7 Å². The first-order chi connectivity index (χ1) is 8.40. The van der Waals surface area contributed by atoms with Crippen molar-refractivity contribution in [3.05, 3.63) is 31.2 Å². The molecular weight excluding hydrogens is 391 g/mol. The molecule has 1 fully saturated rings. The predicted octanol–water partition coefficient (Wildman–Crippen LogP) is 3.46. The summed E-state index contributed by atoms with van der Waals surface area (Å²) < 4.78 is 1.06.